The van der Waals surface area contributed by atoms with Gasteiger partial charge in [0.15, 0.2) is 12.0 Å². The molecule has 0 aliphatic rings. The van der Waals surface area contributed by atoms with E-state index in [2.05, 4.69) is 20.3 Å². The molecule has 0 spiro atoms. The molecule has 2 N–H and O–H groups in total. The average Bonchev–Trinajstić information content (AvgIpc) is 2.65. The predicted molar refractivity (Wildman–Crippen MR) is 94.7 cm³/mol. The Hall–Kier alpha value is -3.14. The molecule has 0 saturated heterocycles. The third-order valence-electron chi connectivity index (χ3n) is 3.78. The van der Waals surface area contributed by atoms with Crippen molar-refractivity contribution in [1.82, 2.24) is 15.0 Å². The summed E-state index contributed by atoms with van der Waals surface area (Å²) in [5, 5.41) is 13.6. The number of hydrogen-bond donors (Lipinski definition) is 2. The summed E-state index contributed by atoms with van der Waals surface area (Å²) in [6.45, 7) is -1.06. The fraction of sp³-hybridized carbons (Fsp3) is 0.176. The number of aromatic amines is 1. The molecule has 3 heterocycles. The zero-order valence-electron chi connectivity index (χ0n) is 14.1. The minimum Gasteiger partial charge on any atom is -0.618 e. The minimum absolute atomic E-state index is 0.0249. The molecule has 0 fully saturated rings. The van der Waals surface area contributed by atoms with E-state index in [1.54, 1.807) is 0 Å². The highest BCUT2D eigenvalue weighted by molar-refractivity contribution is 6.30. The normalized spacial score (nSPS) is 11.4. The first-order valence-electron chi connectivity index (χ1n) is 7.96. The van der Waals surface area contributed by atoms with Crippen LogP contribution in [-0.4, -0.2) is 21.5 Å². The van der Waals surface area contributed by atoms with Gasteiger partial charge in [-0.15, -0.1) is 0 Å². The Morgan fingerprint density at radius 1 is 1.25 bits per heavy atom. The van der Waals surface area contributed by atoms with Gasteiger partial charge >= 0.3 is 5.92 Å². The molecule has 7 nitrogen and oxygen atoms in total. The SMILES string of the molecule is O=c1[nH]c(Cl)c(Cc2ncccc2F)nc1NCC(F)(F)c1cccc[n+]1[O-]. The number of H-pyrrole nitrogens is 1. The first-order chi connectivity index (χ1) is 13.3. The Morgan fingerprint density at radius 3 is 2.75 bits per heavy atom. The lowest BCUT2D eigenvalue weighted by Crippen LogP contribution is -2.41. The summed E-state index contributed by atoms with van der Waals surface area (Å²) in [7, 11) is 0. The van der Waals surface area contributed by atoms with Crippen LogP contribution in [0.2, 0.25) is 5.15 Å². The van der Waals surface area contributed by atoms with Gasteiger partial charge in [0.05, 0.1) is 17.9 Å². The molecule has 0 unspecified atom stereocenters. The van der Waals surface area contributed by atoms with E-state index in [0.717, 1.165) is 12.3 Å². The van der Waals surface area contributed by atoms with E-state index in [0.29, 0.717) is 0 Å². The van der Waals surface area contributed by atoms with Crippen molar-refractivity contribution in [3.63, 3.8) is 0 Å². The van der Waals surface area contributed by atoms with Gasteiger partial charge in [0.25, 0.3) is 11.3 Å². The van der Waals surface area contributed by atoms with Gasteiger partial charge in [0.2, 0.25) is 0 Å². The summed E-state index contributed by atoms with van der Waals surface area (Å²) < 4.78 is 42.4. The van der Waals surface area contributed by atoms with Crippen molar-refractivity contribution in [1.29, 1.82) is 0 Å². The molecule has 0 radical (unpaired) electrons. The van der Waals surface area contributed by atoms with Crippen molar-refractivity contribution >= 4 is 17.4 Å². The van der Waals surface area contributed by atoms with Crippen molar-refractivity contribution in [2.75, 3.05) is 11.9 Å². The lowest BCUT2D eigenvalue weighted by molar-refractivity contribution is -0.624. The van der Waals surface area contributed by atoms with Gasteiger partial charge in [0.1, 0.15) is 11.0 Å². The van der Waals surface area contributed by atoms with E-state index in [1.165, 1.54) is 30.5 Å². The van der Waals surface area contributed by atoms with Crippen molar-refractivity contribution in [3.05, 3.63) is 86.3 Å². The topological polar surface area (TPSA) is 97.6 Å². The lowest BCUT2D eigenvalue weighted by Gasteiger charge is -2.16. The van der Waals surface area contributed by atoms with Crippen LogP contribution in [-0.2, 0) is 12.3 Å². The molecule has 28 heavy (non-hydrogen) atoms. The van der Waals surface area contributed by atoms with Gasteiger partial charge in [-0.05, 0) is 18.2 Å². The first-order valence-corrected chi connectivity index (χ1v) is 8.34. The van der Waals surface area contributed by atoms with E-state index < -0.39 is 35.4 Å². The predicted octanol–water partition coefficient (Wildman–Crippen LogP) is 2.39. The summed E-state index contributed by atoms with van der Waals surface area (Å²) >= 11 is 5.92. The quantitative estimate of drug-likeness (QED) is 0.479. The Labute approximate surface area is 161 Å². The number of nitrogens with zero attached hydrogens (tertiary/aromatic N) is 3. The van der Waals surface area contributed by atoms with E-state index in [-0.39, 0.29) is 27.7 Å². The zero-order chi connectivity index (χ0) is 20.3. The molecule has 0 aromatic carbocycles. The number of anilines is 1. The molecular formula is C17H13ClF3N5O2. The van der Waals surface area contributed by atoms with Crippen LogP contribution >= 0.6 is 11.6 Å². The molecular weight excluding hydrogens is 399 g/mol. The standard InChI is InChI=1S/C17H13ClF3N5O2/c18-14-12(8-11-10(19)4-3-6-22-11)24-15(16(27)25-14)23-9-17(20,21)13-5-1-2-7-26(13)28/h1-7H,8-9H2,(H,23,24)(H,25,27). The zero-order valence-corrected chi connectivity index (χ0v) is 14.9. The fourth-order valence-corrected chi connectivity index (χ4v) is 2.60. The van der Waals surface area contributed by atoms with Gasteiger partial charge in [0, 0.05) is 24.8 Å². The molecule has 3 rings (SSSR count). The molecule has 3 aromatic rings. The number of pyridine rings is 2. The van der Waals surface area contributed by atoms with Crippen LogP contribution in [0.3, 0.4) is 0 Å². The molecule has 146 valence electrons. The summed E-state index contributed by atoms with van der Waals surface area (Å²) in [6.07, 6.45) is 2.15. The van der Waals surface area contributed by atoms with E-state index in [4.69, 9.17) is 11.6 Å². The monoisotopic (exact) mass is 411 g/mol. The van der Waals surface area contributed by atoms with Crippen LogP contribution in [0.4, 0.5) is 19.0 Å². The van der Waals surface area contributed by atoms with E-state index >= 15 is 0 Å². The molecule has 0 aliphatic heterocycles. The third kappa shape index (κ3) is 4.22. The van der Waals surface area contributed by atoms with E-state index in [1.807, 2.05) is 0 Å². The van der Waals surface area contributed by atoms with Crippen LogP contribution in [0.15, 0.2) is 47.5 Å². The number of nitrogens with one attached hydrogen (secondary N) is 2. The summed E-state index contributed by atoms with van der Waals surface area (Å²) in [6, 6.07) is 6.18. The second-order valence-electron chi connectivity index (χ2n) is 5.75. The number of rotatable bonds is 6. The lowest BCUT2D eigenvalue weighted by atomic mass is 10.2. The third-order valence-corrected chi connectivity index (χ3v) is 4.10. The highest BCUT2D eigenvalue weighted by atomic mass is 35.5. The van der Waals surface area contributed by atoms with Gasteiger partial charge < -0.3 is 15.5 Å². The van der Waals surface area contributed by atoms with Crippen LogP contribution in [0, 0.1) is 11.0 Å². The van der Waals surface area contributed by atoms with Gasteiger partial charge in [-0.25, -0.2) is 9.37 Å². The number of alkyl halides is 2. The maximum atomic E-state index is 14.3. The molecule has 3 aromatic heterocycles. The second-order valence-corrected chi connectivity index (χ2v) is 6.13. The van der Waals surface area contributed by atoms with Crippen molar-refractivity contribution in [2.45, 2.75) is 12.3 Å². The van der Waals surface area contributed by atoms with Crippen LogP contribution < -0.4 is 15.6 Å². The molecule has 0 atom stereocenters. The maximum absolute atomic E-state index is 14.3. The van der Waals surface area contributed by atoms with Gasteiger partial charge in [-0.2, -0.15) is 13.5 Å². The van der Waals surface area contributed by atoms with E-state index in [9.17, 15) is 23.2 Å². The van der Waals surface area contributed by atoms with Crippen molar-refractivity contribution in [2.24, 2.45) is 0 Å². The highest BCUT2D eigenvalue weighted by Gasteiger charge is 2.39. The second kappa shape index (κ2) is 7.85. The summed E-state index contributed by atoms with van der Waals surface area (Å²) in [5.41, 5.74) is -1.56. The van der Waals surface area contributed by atoms with Crippen LogP contribution in [0.25, 0.3) is 0 Å². The largest absolute Gasteiger partial charge is 0.618 e. The minimum atomic E-state index is -3.58. The molecule has 0 saturated carbocycles. The van der Waals surface area contributed by atoms with Gasteiger partial charge in [-0.1, -0.05) is 11.6 Å². The Balaban J connectivity index is 1.84. The van der Waals surface area contributed by atoms with Crippen LogP contribution in [0.1, 0.15) is 17.1 Å². The fourth-order valence-electron chi connectivity index (χ4n) is 2.41. The Kier molecular flexibility index (Phi) is 5.50. The first kappa shape index (κ1) is 19.6. The summed E-state index contributed by atoms with van der Waals surface area (Å²) in [5.74, 6) is -4.62. The molecule has 11 heteroatoms. The van der Waals surface area contributed by atoms with Gasteiger partial charge in [-0.3, -0.25) is 9.78 Å². The Bertz CT molecular complexity index is 1060. The highest BCUT2D eigenvalue weighted by Crippen LogP contribution is 2.25. The smallest absolute Gasteiger partial charge is 0.347 e. The van der Waals surface area contributed by atoms with Crippen LogP contribution in [0.5, 0.6) is 0 Å². The maximum Gasteiger partial charge on any atom is 0.347 e. The van der Waals surface area contributed by atoms with Crippen molar-refractivity contribution in [3.8, 4) is 0 Å². The molecule has 0 aliphatic carbocycles. The number of halogens is 4. The number of aromatic nitrogens is 4. The molecule has 0 amide bonds. The molecule has 0 bridgehead atoms. The average molecular weight is 412 g/mol. The summed E-state index contributed by atoms with van der Waals surface area (Å²) in [4.78, 5) is 22.0. The Morgan fingerprint density at radius 2 is 2.04 bits per heavy atom. The van der Waals surface area contributed by atoms with Crippen molar-refractivity contribution < 1.29 is 17.9 Å². The number of hydrogen-bond acceptors (Lipinski definition) is 5.